The van der Waals surface area contributed by atoms with E-state index in [2.05, 4.69) is 13.8 Å². The normalized spacial score (nSPS) is 14.2. The molecule has 0 aromatic heterocycles. The number of piperazine rings is 1. The van der Waals surface area contributed by atoms with E-state index in [-0.39, 0.29) is 24.0 Å². The van der Waals surface area contributed by atoms with E-state index in [1.165, 1.54) is 16.5 Å². The summed E-state index contributed by atoms with van der Waals surface area (Å²) in [6, 6.07) is 8.92. The van der Waals surface area contributed by atoms with Gasteiger partial charge in [0.15, 0.2) is 18.2 Å². The summed E-state index contributed by atoms with van der Waals surface area (Å²) >= 11 is 0. The summed E-state index contributed by atoms with van der Waals surface area (Å²) in [5.74, 6) is -1.50. The predicted molar refractivity (Wildman–Crippen MR) is 110 cm³/mol. The van der Waals surface area contributed by atoms with Crippen LogP contribution in [-0.4, -0.2) is 54.4 Å². The fraction of sp³-hybridized carbons (Fsp3) is 0.391. The quantitative estimate of drug-likeness (QED) is 0.746. The maximum absolute atomic E-state index is 13.4. The van der Waals surface area contributed by atoms with E-state index in [1.807, 2.05) is 25.1 Å². The van der Waals surface area contributed by atoms with E-state index in [0.717, 1.165) is 17.7 Å². The van der Waals surface area contributed by atoms with Crippen LogP contribution in [0.25, 0.3) is 0 Å². The van der Waals surface area contributed by atoms with Crippen molar-refractivity contribution in [1.29, 1.82) is 0 Å². The molecular formula is C23H26F2N2O3. The Hall–Kier alpha value is -2.96. The third-order valence-corrected chi connectivity index (χ3v) is 5.31. The third-order valence-electron chi connectivity index (χ3n) is 5.31. The molecule has 0 radical (unpaired) electrons. The first-order valence-electron chi connectivity index (χ1n) is 10.0. The lowest BCUT2D eigenvalue weighted by Crippen LogP contribution is -2.51. The zero-order valence-corrected chi connectivity index (χ0v) is 17.5. The number of amides is 2. The average molecular weight is 416 g/mol. The van der Waals surface area contributed by atoms with Gasteiger partial charge in [0.2, 0.25) is 0 Å². The van der Waals surface area contributed by atoms with Crippen LogP contribution in [0.5, 0.6) is 5.75 Å². The molecule has 0 N–H and O–H groups in total. The fourth-order valence-corrected chi connectivity index (χ4v) is 3.59. The van der Waals surface area contributed by atoms with E-state index < -0.39 is 11.6 Å². The van der Waals surface area contributed by atoms with Crippen molar-refractivity contribution in [2.24, 2.45) is 0 Å². The van der Waals surface area contributed by atoms with Crippen molar-refractivity contribution >= 4 is 11.8 Å². The summed E-state index contributed by atoms with van der Waals surface area (Å²) < 4.78 is 32.1. The molecule has 0 atom stereocenters. The van der Waals surface area contributed by atoms with Crippen molar-refractivity contribution in [3.8, 4) is 5.75 Å². The lowest BCUT2D eigenvalue weighted by molar-refractivity contribution is -0.134. The standard InChI is InChI=1S/C23H26F2N2O3/c1-15(2)19-6-5-18(12-16(19)3)30-14-22(28)26-8-10-27(11-9-26)23(29)17-4-7-20(24)21(25)13-17/h4-7,12-13,15H,8-11,14H2,1-3H3. The Morgan fingerprint density at radius 3 is 2.23 bits per heavy atom. The molecule has 0 unspecified atom stereocenters. The Morgan fingerprint density at radius 2 is 1.63 bits per heavy atom. The zero-order chi connectivity index (χ0) is 21.8. The summed E-state index contributed by atoms with van der Waals surface area (Å²) in [5.41, 5.74) is 2.46. The Bertz CT molecular complexity index is 938. The van der Waals surface area contributed by atoms with Crippen LogP contribution in [0.2, 0.25) is 0 Å². The van der Waals surface area contributed by atoms with E-state index in [0.29, 0.717) is 37.8 Å². The van der Waals surface area contributed by atoms with E-state index in [1.54, 1.807) is 4.90 Å². The van der Waals surface area contributed by atoms with Gasteiger partial charge in [0.1, 0.15) is 5.75 Å². The fourth-order valence-electron chi connectivity index (χ4n) is 3.59. The number of hydrogen-bond acceptors (Lipinski definition) is 3. The SMILES string of the molecule is Cc1cc(OCC(=O)N2CCN(C(=O)c3ccc(F)c(F)c3)CC2)ccc1C(C)C. The number of carbonyl (C=O) groups is 2. The molecule has 0 aliphatic carbocycles. The lowest BCUT2D eigenvalue weighted by atomic mass is 9.98. The van der Waals surface area contributed by atoms with E-state index in [4.69, 9.17) is 4.74 Å². The Morgan fingerprint density at radius 1 is 0.967 bits per heavy atom. The highest BCUT2D eigenvalue weighted by Crippen LogP contribution is 2.23. The molecule has 3 rings (SSSR count). The average Bonchev–Trinajstić information content (AvgIpc) is 2.73. The first-order chi connectivity index (χ1) is 14.3. The molecule has 0 spiro atoms. The molecule has 0 saturated carbocycles. The van der Waals surface area contributed by atoms with Gasteiger partial charge in [-0.25, -0.2) is 8.78 Å². The van der Waals surface area contributed by atoms with Crippen LogP contribution in [0.3, 0.4) is 0 Å². The number of benzene rings is 2. The van der Waals surface area contributed by atoms with Crippen LogP contribution in [0.15, 0.2) is 36.4 Å². The topological polar surface area (TPSA) is 49.9 Å². The van der Waals surface area contributed by atoms with Crippen molar-refractivity contribution in [1.82, 2.24) is 9.80 Å². The summed E-state index contributed by atoms with van der Waals surface area (Å²) in [7, 11) is 0. The molecule has 2 aromatic rings. The maximum Gasteiger partial charge on any atom is 0.260 e. The first-order valence-corrected chi connectivity index (χ1v) is 10.0. The summed E-state index contributed by atoms with van der Waals surface area (Å²) in [5, 5.41) is 0. The van der Waals surface area contributed by atoms with Crippen LogP contribution < -0.4 is 4.74 Å². The van der Waals surface area contributed by atoms with Crippen LogP contribution in [-0.2, 0) is 4.79 Å². The van der Waals surface area contributed by atoms with Crippen molar-refractivity contribution in [2.75, 3.05) is 32.8 Å². The van der Waals surface area contributed by atoms with Gasteiger partial charge in [-0.05, 0) is 54.3 Å². The van der Waals surface area contributed by atoms with Gasteiger partial charge in [-0.15, -0.1) is 0 Å². The number of ether oxygens (including phenoxy) is 1. The zero-order valence-electron chi connectivity index (χ0n) is 17.5. The molecule has 2 aromatic carbocycles. The number of aryl methyl sites for hydroxylation is 1. The molecule has 30 heavy (non-hydrogen) atoms. The maximum atomic E-state index is 13.4. The molecule has 0 bridgehead atoms. The van der Waals surface area contributed by atoms with Crippen LogP contribution in [0.4, 0.5) is 8.78 Å². The molecule has 1 aliphatic rings. The Kier molecular flexibility index (Phi) is 6.70. The van der Waals surface area contributed by atoms with Crippen LogP contribution >= 0.6 is 0 Å². The Balaban J connectivity index is 1.51. The number of nitrogens with zero attached hydrogens (tertiary/aromatic N) is 2. The number of carbonyl (C=O) groups excluding carboxylic acids is 2. The second-order valence-electron chi connectivity index (χ2n) is 7.76. The number of rotatable bonds is 5. The molecule has 2 amide bonds. The van der Waals surface area contributed by atoms with Crippen molar-refractivity contribution in [3.05, 3.63) is 64.7 Å². The van der Waals surface area contributed by atoms with Gasteiger partial charge in [-0.2, -0.15) is 0 Å². The van der Waals surface area contributed by atoms with Gasteiger partial charge in [0.25, 0.3) is 11.8 Å². The highest BCUT2D eigenvalue weighted by Gasteiger charge is 2.25. The smallest absolute Gasteiger partial charge is 0.260 e. The van der Waals surface area contributed by atoms with Crippen molar-refractivity contribution in [3.63, 3.8) is 0 Å². The van der Waals surface area contributed by atoms with Gasteiger partial charge in [-0.1, -0.05) is 19.9 Å². The van der Waals surface area contributed by atoms with Gasteiger partial charge in [0, 0.05) is 31.7 Å². The molecule has 160 valence electrons. The van der Waals surface area contributed by atoms with Crippen LogP contribution in [0.1, 0.15) is 41.3 Å². The molecule has 7 heteroatoms. The number of hydrogen-bond donors (Lipinski definition) is 0. The molecule has 1 fully saturated rings. The van der Waals surface area contributed by atoms with Gasteiger partial charge in [-0.3, -0.25) is 9.59 Å². The summed E-state index contributed by atoms with van der Waals surface area (Å²) in [4.78, 5) is 28.1. The molecule has 1 heterocycles. The van der Waals surface area contributed by atoms with Crippen LogP contribution in [0, 0.1) is 18.6 Å². The molecule has 5 nitrogen and oxygen atoms in total. The predicted octanol–water partition coefficient (Wildman–Crippen LogP) is 3.76. The first kappa shape index (κ1) is 21.7. The summed E-state index contributed by atoms with van der Waals surface area (Å²) in [6.45, 7) is 7.58. The largest absolute Gasteiger partial charge is 0.484 e. The van der Waals surface area contributed by atoms with Gasteiger partial charge < -0.3 is 14.5 Å². The van der Waals surface area contributed by atoms with Gasteiger partial charge >= 0.3 is 0 Å². The molecule has 1 aliphatic heterocycles. The van der Waals surface area contributed by atoms with Crippen molar-refractivity contribution in [2.45, 2.75) is 26.7 Å². The van der Waals surface area contributed by atoms with E-state index in [9.17, 15) is 18.4 Å². The third kappa shape index (κ3) is 4.96. The Labute approximate surface area is 175 Å². The minimum Gasteiger partial charge on any atom is -0.484 e. The second kappa shape index (κ2) is 9.24. The van der Waals surface area contributed by atoms with Gasteiger partial charge in [0.05, 0.1) is 0 Å². The molecular weight excluding hydrogens is 390 g/mol. The highest BCUT2D eigenvalue weighted by molar-refractivity contribution is 5.94. The minimum absolute atomic E-state index is 0.0718. The highest BCUT2D eigenvalue weighted by atomic mass is 19.2. The monoisotopic (exact) mass is 416 g/mol. The lowest BCUT2D eigenvalue weighted by Gasteiger charge is -2.34. The number of halogens is 2. The van der Waals surface area contributed by atoms with Crippen molar-refractivity contribution < 1.29 is 23.1 Å². The van der Waals surface area contributed by atoms with E-state index >= 15 is 0 Å². The summed E-state index contributed by atoms with van der Waals surface area (Å²) in [6.07, 6.45) is 0. The minimum atomic E-state index is -1.05. The second-order valence-corrected chi connectivity index (χ2v) is 7.76. The molecule has 1 saturated heterocycles.